The van der Waals surface area contributed by atoms with E-state index in [1.165, 1.54) is 29.2 Å². The Morgan fingerprint density at radius 3 is 2.47 bits per heavy atom. The zero-order valence-corrected chi connectivity index (χ0v) is 17.1. The standard InChI is InChI=1S/C22H24FN3O4/c1-4-22(16-9-11-17(23)12-10-16)20(28)26(21(29)24-22)14-19(27)25(2)13-15-7-5-6-8-18(15)30-3/h5-12H,4,13-14H2,1-3H3,(H,24,29). The number of halogens is 1. The van der Waals surface area contributed by atoms with Gasteiger partial charge in [0, 0.05) is 19.2 Å². The van der Waals surface area contributed by atoms with Crippen LogP contribution in [-0.4, -0.2) is 48.3 Å². The molecule has 1 atom stereocenters. The van der Waals surface area contributed by atoms with Crippen molar-refractivity contribution >= 4 is 17.8 Å². The van der Waals surface area contributed by atoms with E-state index in [1.807, 2.05) is 18.2 Å². The van der Waals surface area contributed by atoms with Crippen molar-refractivity contribution in [2.45, 2.75) is 25.4 Å². The molecule has 1 N–H and O–H groups in total. The van der Waals surface area contributed by atoms with E-state index >= 15 is 0 Å². The van der Waals surface area contributed by atoms with Gasteiger partial charge >= 0.3 is 6.03 Å². The number of amides is 4. The molecule has 7 nitrogen and oxygen atoms in total. The summed E-state index contributed by atoms with van der Waals surface area (Å²) < 4.78 is 18.6. The number of carbonyl (C=O) groups is 3. The van der Waals surface area contributed by atoms with Crippen LogP contribution in [0.4, 0.5) is 9.18 Å². The number of nitrogens with one attached hydrogen (secondary N) is 1. The van der Waals surface area contributed by atoms with Crippen LogP contribution in [0.1, 0.15) is 24.5 Å². The molecule has 0 bridgehead atoms. The molecule has 1 aliphatic rings. The summed E-state index contributed by atoms with van der Waals surface area (Å²) >= 11 is 0. The van der Waals surface area contributed by atoms with Gasteiger partial charge in [0.25, 0.3) is 5.91 Å². The maximum atomic E-state index is 13.3. The van der Waals surface area contributed by atoms with Crippen molar-refractivity contribution in [3.8, 4) is 5.75 Å². The predicted octanol–water partition coefficient (Wildman–Crippen LogP) is 2.65. The summed E-state index contributed by atoms with van der Waals surface area (Å²) in [5, 5.41) is 2.69. The van der Waals surface area contributed by atoms with E-state index in [2.05, 4.69) is 5.32 Å². The van der Waals surface area contributed by atoms with E-state index in [-0.39, 0.29) is 19.5 Å². The molecule has 0 aromatic heterocycles. The first-order chi connectivity index (χ1) is 14.3. The number of rotatable bonds is 7. The Morgan fingerprint density at radius 2 is 1.83 bits per heavy atom. The minimum Gasteiger partial charge on any atom is -0.496 e. The molecule has 8 heteroatoms. The van der Waals surface area contributed by atoms with Crippen LogP contribution < -0.4 is 10.1 Å². The van der Waals surface area contributed by atoms with Crippen molar-refractivity contribution in [3.05, 3.63) is 65.5 Å². The highest BCUT2D eigenvalue weighted by atomic mass is 19.1. The predicted molar refractivity (Wildman–Crippen MR) is 108 cm³/mol. The van der Waals surface area contributed by atoms with Gasteiger partial charge in [-0.1, -0.05) is 37.3 Å². The average Bonchev–Trinajstić information content (AvgIpc) is 2.99. The van der Waals surface area contributed by atoms with Crippen molar-refractivity contribution in [2.75, 3.05) is 20.7 Å². The molecule has 2 aromatic carbocycles. The number of para-hydroxylation sites is 1. The summed E-state index contributed by atoms with van der Waals surface area (Å²) in [6.07, 6.45) is 0.269. The van der Waals surface area contributed by atoms with Crippen LogP contribution in [0, 0.1) is 5.82 Å². The Morgan fingerprint density at radius 1 is 1.17 bits per heavy atom. The van der Waals surface area contributed by atoms with Crippen molar-refractivity contribution < 1.29 is 23.5 Å². The molecule has 0 radical (unpaired) electrons. The number of ether oxygens (including phenoxy) is 1. The fourth-order valence-corrected chi connectivity index (χ4v) is 3.58. The molecule has 30 heavy (non-hydrogen) atoms. The lowest BCUT2D eigenvalue weighted by molar-refractivity contribution is -0.138. The lowest BCUT2D eigenvalue weighted by Gasteiger charge is -2.26. The van der Waals surface area contributed by atoms with Gasteiger partial charge < -0.3 is 15.0 Å². The third kappa shape index (κ3) is 3.85. The number of carbonyl (C=O) groups excluding carboxylic acids is 3. The van der Waals surface area contributed by atoms with Crippen LogP contribution in [0.2, 0.25) is 0 Å². The number of hydrogen-bond acceptors (Lipinski definition) is 4. The van der Waals surface area contributed by atoms with E-state index in [9.17, 15) is 18.8 Å². The van der Waals surface area contributed by atoms with Gasteiger partial charge in [0.1, 0.15) is 23.7 Å². The van der Waals surface area contributed by atoms with Gasteiger partial charge in [-0.25, -0.2) is 9.18 Å². The molecule has 0 aliphatic carbocycles. The largest absolute Gasteiger partial charge is 0.496 e. The quantitative estimate of drug-likeness (QED) is 0.708. The maximum Gasteiger partial charge on any atom is 0.325 e. The Balaban J connectivity index is 1.76. The number of nitrogens with zero attached hydrogens (tertiary/aromatic N) is 2. The van der Waals surface area contributed by atoms with Crippen LogP contribution in [-0.2, 0) is 21.7 Å². The summed E-state index contributed by atoms with van der Waals surface area (Å²) in [4.78, 5) is 40.8. The molecular weight excluding hydrogens is 389 g/mol. The summed E-state index contributed by atoms with van der Waals surface area (Å²) in [5.74, 6) is -0.712. The summed E-state index contributed by atoms with van der Waals surface area (Å²) in [7, 11) is 3.15. The van der Waals surface area contributed by atoms with E-state index in [0.717, 1.165) is 10.5 Å². The zero-order valence-electron chi connectivity index (χ0n) is 17.1. The first-order valence-electron chi connectivity index (χ1n) is 9.58. The first-order valence-corrected chi connectivity index (χ1v) is 9.58. The Bertz CT molecular complexity index is 963. The lowest BCUT2D eigenvalue weighted by atomic mass is 9.87. The van der Waals surface area contributed by atoms with Gasteiger partial charge in [0.15, 0.2) is 0 Å². The maximum absolute atomic E-state index is 13.3. The molecule has 1 saturated heterocycles. The lowest BCUT2D eigenvalue weighted by Crippen LogP contribution is -2.45. The van der Waals surface area contributed by atoms with E-state index in [1.54, 1.807) is 27.1 Å². The highest BCUT2D eigenvalue weighted by Crippen LogP contribution is 2.32. The Labute approximate surface area is 174 Å². The fraction of sp³-hybridized carbons (Fsp3) is 0.318. The number of urea groups is 1. The number of likely N-dealkylation sites (N-methyl/N-ethyl adjacent to an activating group) is 1. The molecule has 1 heterocycles. The number of benzene rings is 2. The van der Waals surface area contributed by atoms with Crippen molar-refractivity contribution in [3.63, 3.8) is 0 Å². The molecule has 1 fully saturated rings. The third-order valence-electron chi connectivity index (χ3n) is 5.36. The van der Waals surface area contributed by atoms with E-state index < -0.39 is 29.2 Å². The van der Waals surface area contributed by atoms with Gasteiger partial charge in [0.05, 0.1) is 7.11 Å². The molecule has 3 rings (SSSR count). The van der Waals surface area contributed by atoms with E-state index in [4.69, 9.17) is 4.74 Å². The molecule has 1 aliphatic heterocycles. The summed E-state index contributed by atoms with van der Waals surface area (Å²) in [5.41, 5.74) is -0.0314. The monoisotopic (exact) mass is 413 g/mol. The minimum atomic E-state index is -1.31. The molecule has 158 valence electrons. The highest BCUT2D eigenvalue weighted by molar-refractivity contribution is 6.09. The smallest absolute Gasteiger partial charge is 0.325 e. The number of methoxy groups -OCH3 is 1. The zero-order chi connectivity index (χ0) is 21.9. The minimum absolute atomic E-state index is 0.267. The topological polar surface area (TPSA) is 79.0 Å². The second kappa shape index (κ2) is 8.52. The fourth-order valence-electron chi connectivity index (χ4n) is 3.58. The van der Waals surface area contributed by atoms with Crippen LogP contribution in [0.25, 0.3) is 0 Å². The van der Waals surface area contributed by atoms with Crippen LogP contribution in [0.5, 0.6) is 5.75 Å². The van der Waals surface area contributed by atoms with Crippen molar-refractivity contribution in [1.29, 1.82) is 0 Å². The molecule has 2 aromatic rings. The second-order valence-corrected chi connectivity index (χ2v) is 7.15. The number of imide groups is 1. The SMILES string of the molecule is CCC1(c2ccc(F)cc2)NC(=O)N(CC(=O)N(C)Cc2ccccc2OC)C1=O. The van der Waals surface area contributed by atoms with Gasteiger partial charge in [-0.05, 0) is 30.2 Å². The second-order valence-electron chi connectivity index (χ2n) is 7.15. The Kier molecular flexibility index (Phi) is 6.05. The molecular formula is C22H24FN3O4. The van der Waals surface area contributed by atoms with E-state index in [0.29, 0.717) is 11.3 Å². The van der Waals surface area contributed by atoms with Crippen LogP contribution >= 0.6 is 0 Å². The van der Waals surface area contributed by atoms with Crippen molar-refractivity contribution in [1.82, 2.24) is 15.1 Å². The summed E-state index contributed by atoms with van der Waals surface area (Å²) in [6, 6.07) is 12.1. The third-order valence-corrected chi connectivity index (χ3v) is 5.36. The molecule has 0 saturated carbocycles. The van der Waals surface area contributed by atoms with Gasteiger partial charge in [-0.15, -0.1) is 0 Å². The molecule has 0 spiro atoms. The van der Waals surface area contributed by atoms with Crippen molar-refractivity contribution in [2.24, 2.45) is 0 Å². The Hall–Kier alpha value is -3.42. The molecule has 4 amide bonds. The normalized spacial score (nSPS) is 18.3. The first kappa shape index (κ1) is 21.3. The summed E-state index contributed by atoms with van der Waals surface area (Å²) in [6.45, 7) is 1.63. The van der Waals surface area contributed by atoms with Gasteiger partial charge in [-0.2, -0.15) is 0 Å². The van der Waals surface area contributed by atoms with Crippen LogP contribution in [0.3, 0.4) is 0 Å². The van der Waals surface area contributed by atoms with Gasteiger partial charge in [-0.3, -0.25) is 14.5 Å². The molecule has 1 unspecified atom stereocenters. The van der Waals surface area contributed by atoms with Crippen LogP contribution in [0.15, 0.2) is 48.5 Å². The van der Waals surface area contributed by atoms with Gasteiger partial charge in [0.2, 0.25) is 5.91 Å². The number of hydrogen-bond donors (Lipinski definition) is 1. The average molecular weight is 413 g/mol. The highest BCUT2D eigenvalue weighted by Gasteiger charge is 2.51.